The normalized spacial score (nSPS) is 27.7. The van der Waals surface area contributed by atoms with E-state index in [1.807, 2.05) is 11.3 Å². The number of aryl methyl sites for hydroxylation is 2. The summed E-state index contributed by atoms with van der Waals surface area (Å²) in [6, 6.07) is 0.509. The van der Waals surface area contributed by atoms with Gasteiger partial charge >= 0.3 is 0 Å². The molecule has 2 aromatic rings. The SMILES string of the molecule is c1nc(N2CCOC3CCCCC32)c2c3c(sc2n1)CCCC3. The van der Waals surface area contributed by atoms with Crippen LogP contribution in [0.25, 0.3) is 10.2 Å². The van der Waals surface area contributed by atoms with Crippen LogP contribution in [0.4, 0.5) is 5.82 Å². The molecule has 2 aromatic heterocycles. The Kier molecular flexibility index (Phi) is 3.52. The third kappa shape index (κ3) is 2.28. The van der Waals surface area contributed by atoms with Gasteiger partial charge in [0.15, 0.2) is 0 Å². The van der Waals surface area contributed by atoms with Crippen molar-refractivity contribution in [2.75, 3.05) is 18.1 Å². The predicted molar refractivity (Wildman–Crippen MR) is 93.4 cm³/mol. The smallest absolute Gasteiger partial charge is 0.141 e. The Morgan fingerprint density at radius 2 is 2.00 bits per heavy atom. The summed E-state index contributed by atoms with van der Waals surface area (Å²) < 4.78 is 6.06. The van der Waals surface area contributed by atoms with Crippen LogP contribution in [0.2, 0.25) is 0 Å². The van der Waals surface area contributed by atoms with Crippen molar-refractivity contribution in [1.82, 2.24) is 9.97 Å². The molecule has 0 N–H and O–H groups in total. The van der Waals surface area contributed by atoms with Gasteiger partial charge in [-0.3, -0.25) is 0 Å². The maximum Gasteiger partial charge on any atom is 0.141 e. The second kappa shape index (κ2) is 5.71. The Labute approximate surface area is 140 Å². The molecule has 5 heteroatoms. The van der Waals surface area contributed by atoms with Crippen molar-refractivity contribution in [3.05, 3.63) is 16.8 Å². The molecule has 0 aromatic carbocycles. The lowest BCUT2D eigenvalue weighted by molar-refractivity contribution is -0.00887. The lowest BCUT2D eigenvalue weighted by Crippen LogP contribution is -2.53. The molecule has 122 valence electrons. The van der Waals surface area contributed by atoms with Crippen molar-refractivity contribution < 1.29 is 4.74 Å². The molecular weight excluding hydrogens is 306 g/mol. The first kappa shape index (κ1) is 14.2. The van der Waals surface area contributed by atoms with Crippen LogP contribution >= 0.6 is 11.3 Å². The van der Waals surface area contributed by atoms with Gasteiger partial charge in [-0.05, 0) is 44.1 Å². The van der Waals surface area contributed by atoms with E-state index in [1.165, 1.54) is 67.4 Å². The second-order valence-corrected chi connectivity index (χ2v) is 8.13. The number of aromatic nitrogens is 2. The molecule has 1 saturated heterocycles. The van der Waals surface area contributed by atoms with E-state index in [9.17, 15) is 0 Å². The number of anilines is 1. The first-order valence-corrected chi connectivity index (χ1v) is 9.87. The largest absolute Gasteiger partial charge is 0.374 e. The lowest BCUT2D eigenvalue weighted by Gasteiger charge is -2.44. The average molecular weight is 329 g/mol. The van der Waals surface area contributed by atoms with Crippen molar-refractivity contribution in [3.8, 4) is 0 Å². The highest BCUT2D eigenvalue weighted by Crippen LogP contribution is 2.41. The molecule has 0 amide bonds. The minimum atomic E-state index is 0.400. The highest BCUT2D eigenvalue weighted by atomic mass is 32.1. The van der Waals surface area contributed by atoms with Crippen LogP contribution in [0.3, 0.4) is 0 Å². The first-order valence-electron chi connectivity index (χ1n) is 9.05. The zero-order valence-corrected chi connectivity index (χ0v) is 14.3. The maximum absolute atomic E-state index is 6.06. The molecule has 2 atom stereocenters. The number of hydrogen-bond acceptors (Lipinski definition) is 5. The number of rotatable bonds is 1. The molecular formula is C18H23N3OS. The number of morpholine rings is 1. The van der Waals surface area contributed by atoms with Gasteiger partial charge in [0.2, 0.25) is 0 Å². The van der Waals surface area contributed by atoms with E-state index in [2.05, 4.69) is 9.88 Å². The highest BCUT2D eigenvalue weighted by Gasteiger charge is 2.36. The first-order chi connectivity index (χ1) is 11.4. The van der Waals surface area contributed by atoms with Gasteiger partial charge in [0.1, 0.15) is 17.0 Å². The Hall–Kier alpha value is -1.20. The van der Waals surface area contributed by atoms with Gasteiger partial charge in [-0.25, -0.2) is 9.97 Å². The minimum Gasteiger partial charge on any atom is -0.374 e. The van der Waals surface area contributed by atoms with Crippen molar-refractivity contribution in [1.29, 1.82) is 0 Å². The third-order valence-electron chi connectivity index (χ3n) is 5.74. The van der Waals surface area contributed by atoms with Crippen molar-refractivity contribution in [2.45, 2.75) is 63.5 Å². The summed E-state index contributed by atoms with van der Waals surface area (Å²) in [4.78, 5) is 14.7. The fourth-order valence-electron chi connectivity index (χ4n) is 4.65. The number of nitrogens with zero attached hydrogens (tertiary/aromatic N) is 3. The second-order valence-electron chi connectivity index (χ2n) is 7.04. The van der Waals surface area contributed by atoms with E-state index in [0.717, 1.165) is 13.2 Å². The monoisotopic (exact) mass is 329 g/mol. The van der Waals surface area contributed by atoms with Gasteiger partial charge in [0.05, 0.1) is 24.1 Å². The molecule has 2 fully saturated rings. The molecule has 2 aliphatic carbocycles. The minimum absolute atomic E-state index is 0.400. The summed E-state index contributed by atoms with van der Waals surface area (Å²) in [5.41, 5.74) is 1.55. The molecule has 0 bridgehead atoms. The van der Waals surface area contributed by atoms with Gasteiger partial charge in [0, 0.05) is 11.4 Å². The van der Waals surface area contributed by atoms with Gasteiger partial charge in [-0.2, -0.15) is 0 Å². The zero-order valence-electron chi connectivity index (χ0n) is 13.5. The summed E-state index contributed by atoms with van der Waals surface area (Å²) in [5, 5.41) is 1.36. The van der Waals surface area contributed by atoms with Crippen LogP contribution < -0.4 is 4.90 Å². The molecule has 0 spiro atoms. The fraction of sp³-hybridized carbons (Fsp3) is 0.667. The van der Waals surface area contributed by atoms with E-state index in [4.69, 9.17) is 9.72 Å². The third-order valence-corrected chi connectivity index (χ3v) is 6.94. The Bertz CT molecular complexity index is 726. The van der Waals surface area contributed by atoms with Gasteiger partial charge in [0.25, 0.3) is 0 Å². The summed E-state index contributed by atoms with van der Waals surface area (Å²) in [5.74, 6) is 1.19. The lowest BCUT2D eigenvalue weighted by atomic mass is 9.89. The number of hydrogen-bond donors (Lipinski definition) is 0. The number of thiophene rings is 1. The fourth-order valence-corrected chi connectivity index (χ4v) is 5.87. The average Bonchev–Trinajstić information content (AvgIpc) is 3.00. The molecule has 3 heterocycles. The summed E-state index contributed by atoms with van der Waals surface area (Å²) in [6.07, 6.45) is 12.3. The van der Waals surface area contributed by atoms with Crippen molar-refractivity contribution in [3.63, 3.8) is 0 Å². The van der Waals surface area contributed by atoms with E-state index in [0.29, 0.717) is 12.1 Å². The number of fused-ring (bicyclic) bond motifs is 4. The number of ether oxygens (including phenoxy) is 1. The molecule has 1 aliphatic heterocycles. The molecule has 5 rings (SSSR count). The zero-order chi connectivity index (χ0) is 15.2. The molecule has 0 radical (unpaired) electrons. The molecule has 4 nitrogen and oxygen atoms in total. The van der Waals surface area contributed by atoms with Crippen LogP contribution in [0.15, 0.2) is 6.33 Å². The Balaban J connectivity index is 1.63. The summed E-state index contributed by atoms with van der Waals surface area (Å²) >= 11 is 1.90. The van der Waals surface area contributed by atoms with Crippen LogP contribution in [0.1, 0.15) is 49.0 Å². The van der Waals surface area contributed by atoms with E-state index < -0.39 is 0 Å². The molecule has 1 saturated carbocycles. The Morgan fingerprint density at radius 1 is 1.09 bits per heavy atom. The van der Waals surface area contributed by atoms with E-state index >= 15 is 0 Å². The molecule has 23 heavy (non-hydrogen) atoms. The van der Waals surface area contributed by atoms with Gasteiger partial charge in [-0.1, -0.05) is 12.8 Å². The highest BCUT2D eigenvalue weighted by molar-refractivity contribution is 7.19. The topological polar surface area (TPSA) is 38.2 Å². The summed E-state index contributed by atoms with van der Waals surface area (Å²) in [7, 11) is 0. The molecule has 2 unspecified atom stereocenters. The quantitative estimate of drug-likeness (QED) is 0.799. The van der Waals surface area contributed by atoms with Crippen molar-refractivity contribution in [2.24, 2.45) is 0 Å². The van der Waals surface area contributed by atoms with Crippen LogP contribution in [-0.2, 0) is 17.6 Å². The summed E-state index contributed by atoms with van der Waals surface area (Å²) in [6.45, 7) is 1.80. The molecule has 3 aliphatic rings. The maximum atomic E-state index is 6.06. The standard InChI is InChI=1S/C18H23N3OS/c1-4-8-15-12(5-1)16-17(19-11-20-18(16)23-15)21-9-10-22-14-7-3-2-6-13(14)21/h11,13-14H,1-10H2. The van der Waals surface area contributed by atoms with Crippen LogP contribution in [-0.4, -0.2) is 35.3 Å². The predicted octanol–water partition coefficient (Wildman–Crippen LogP) is 3.72. The van der Waals surface area contributed by atoms with Gasteiger partial charge in [-0.15, -0.1) is 11.3 Å². The van der Waals surface area contributed by atoms with Crippen molar-refractivity contribution >= 4 is 27.4 Å². The van der Waals surface area contributed by atoms with Crippen LogP contribution in [0.5, 0.6) is 0 Å². The van der Waals surface area contributed by atoms with E-state index in [-0.39, 0.29) is 0 Å². The van der Waals surface area contributed by atoms with Gasteiger partial charge < -0.3 is 9.64 Å². The van der Waals surface area contributed by atoms with E-state index in [1.54, 1.807) is 16.8 Å². The van der Waals surface area contributed by atoms with Crippen LogP contribution in [0, 0.1) is 0 Å². The Morgan fingerprint density at radius 3 is 3.00 bits per heavy atom.